The third kappa shape index (κ3) is 3.78. The highest BCUT2D eigenvalue weighted by molar-refractivity contribution is 6.00. The monoisotopic (exact) mass is 405 g/mol. The van der Waals surface area contributed by atoms with Crippen molar-refractivity contribution in [1.82, 2.24) is 10.2 Å². The van der Waals surface area contributed by atoms with Crippen molar-refractivity contribution >= 4 is 23.6 Å². The zero-order valence-electron chi connectivity index (χ0n) is 16.9. The van der Waals surface area contributed by atoms with Crippen LogP contribution in [0.1, 0.15) is 29.7 Å². The van der Waals surface area contributed by atoms with Crippen molar-refractivity contribution in [1.29, 1.82) is 0 Å². The molecule has 2 N–H and O–H groups in total. The van der Waals surface area contributed by atoms with Crippen LogP contribution < -0.4 is 10.6 Å². The number of anilines is 1. The number of nitrogens with one attached hydrogen (secondary N) is 2. The molecule has 0 saturated carbocycles. The van der Waals surface area contributed by atoms with Gasteiger partial charge in [-0.05, 0) is 36.6 Å². The summed E-state index contributed by atoms with van der Waals surface area (Å²) in [6, 6.07) is 14.1. The summed E-state index contributed by atoms with van der Waals surface area (Å²) in [4.78, 5) is 39.1. The molecule has 0 bridgehead atoms. The Hall–Kier alpha value is -3.61. The summed E-state index contributed by atoms with van der Waals surface area (Å²) in [6.07, 6.45) is 0.855. The van der Waals surface area contributed by atoms with Gasteiger partial charge in [-0.3, -0.25) is 9.69 Å². The Labute approximate surface area is 174 Å². The highest BCUT2D eigenvalue weighted by Crippen LogP contribution is 2.35. The summed E-state index contributed by atoms with van der Waals surface area (Å²) < 4.78 is 5.21. The van der Waals surface area contributed by atoms with E-state index in [9.17, 15) is 14.4 Å². The molecule has 1 atom stereocenters. The van der Waals surface area contributed by atoms with Crippen molar-refractivity contribution in [3.05, 3.63) is 76.5 Å². The second-order valence-electron chi connectivity index (χ2n) is 7.42. The first-order chi connectivity index (χ1) is 14.5. The van der Waals surface area contributed by atoms with Gasteiger partial charge >= 0.3 is 12.0 Å². The van der Waals surface area contributed by atoms with E-state index in [4.69, 9.17) is 4.74 Å². The quantitative estimate of drug-likeness (QED) is 0.749. The van der Waals surface area contributed by atoms with Crippen LogP contribution in [0.5, 0.6) is 0 Å². The second kappa shape index (κ2) is 8.02. The second-order valence-corrected chi connectivity index (χ2v) is 7.42. The molecule has 0 fully saturated rings. The molecule has 154 valence electrons. The third-order valence-electron chi connectivity index (χ3n) is 5.33. The van der Waals surface area contributed by atoms with E-state index in [2.05, 4.69) is 10.6 Å². The molecule has 2 aromatic rings. The molecule has 7 nitrogen and oxygen atoms in total. The maximum Gasteiger partial charge on any atom is 0.338 e. The molecule has 4 rings (SSSR count). The molecule has 0 aliphatic carbocycles. The van der Waals surface area contributed by atoms with E-state index < -0.39 is 18.0 Å². The minimum atomic E-state index is -0.594. The van der Waals surface area contributed by atoms with Gasteiger partial charge in [0.15, 0.2) is 0 Å². The number of esters is 1. The number of hydrogen-bond donors (Lipinski definition) is 2. The number of rotatable bonds is 5. The number of cyclic esters (lactones) is 1. The van der Waals surface area contributed by atoms with E-state index in [-0.39, 0.29) is 19.1 Å². The molecule has 2 aliphatic rings. The topological polar surface area (TPSA) is 87.7 Å². The van der Waals surface area contributed by atoms with Gasteiger partial charge in [-0.1, -0.05) is 48.9 Å². The van der Waals surface area contributed by atoms with Crippen molar-refractivity contribution in [2.75, 3.05) is 18.5 Å². The van der Waals surface area contributed by atoms with E-state index in [1.165, 1.54) is 4.90 Å². The van der Waals surface area contributed by atoms with Gasteiger partial charge in [-0.25, -0.2) is 9.59 Å². The number of ether oxygens (including phenoxy) is 1. The SMILES string of the molecule is CCc1cccc(NC(=O)CN2C(=O)N[C@@H](c3ccc(C)cc3)C3=C2COC3=O)c1. The summed E-state index contributed by atoms with van der Waals surface area (Å²) in [7, 11) is 0. The fourth-order valence-electron chi connectivity index (χ4n) is 3.70. The molecule has 0 unspecified atom stereocenters. The van der Waals surface area contributed by atoms with Gasteiger partial charge in [0, 0.05) is 5.69 Å². The van der Waals surface area contributed by atoms with Crippen molar-refractivity contribution in [2.24, 2.45) is 0 Å². The van der Waals surface area contributed by atoms with Gasteiger partial charge in [-0.2, -0.15) is 0 Å². The Morgan fingerprint density at radius 3 is 2.70 bits per heavy atom. The molecule has 7 heteroatoms. The smallest absolute Gasteiger partial charge is 0.338 e. The first kappa shape index (κ1) is 19.7. The summed E-state index contributed by atoms with van der Waals surface area (Å²) in [5, 5.41) is 5.66. The maximum absolute atomic E-state index is 12.8. The fraction of sp³-hybridized carbons (Fsp3) is 0.261. The summed E-state index contributed by atoms with van der Waals surface area (Å²) >= 11 is 0. The van der Waals surface area contributed by atoms with Crippen LogP contribution in [0.4, 0.5) is 10.5 Å². The van der Waals surface area contributed by atoms with Crippen LogP contribution in [-0.4, -0.2) is 36.0 Å². The number of nitrogens with zero attached hydrogens (tertiary/aromatic N) is 1. The number of urea groups is 1. The van der Waals surface area contributed by atoms with Crippen LogP contribution in [0.2, 0.25) is 0 Å². The van der Waals surface area contributed by atoms with Gasteiger partial charge < -0.3 is 15.4 Å². The fourth-order valence-corrected chi connectivity index (χ4v) is 3.70. The Bertz CT molecular complexity index is 1040. The van der Waals surface area contributed by atoms with E-state index in [0.29, 0.717) is 17.0 Å². The highest BCUT2D eigenvalue weighted by Gasteiger charge is 2.42. The van der Waals surface area contributed by atoms with Crippen LogP contribution in [-0.2, 0) is 20.7 Å². The van der Waals surface area contributed by atoms with Crippen molar-refractivity contribution in [3.63, 3.8) is 0 Å². The largest absolute Gasteiger partial charge is 0.456 e. The van der Waals surface area contributed by atoms with Gasteiger partial charge in [0.05, 0.1) is 17.3 Å². The number of carbonyl (C=O) groups excluding carboxylic acids is 3. The zero-order valence-corrected chi connectivity index (χ0v) is 16.9. The lowest BCUT2D eigenvalue weighted by atomic mass is 9.95. The van der Waals surface area contributed by atoms with E-state index in [0.717, 1.165) is 23.1 Å². The number of amides is 3. The maximum atomic E-state index is 12.8. The highest BCUT2D eigenvalue weighted by atomic mass is 16.5. The standard InChI is InChI=1S/C23H23N3O4/c1-3-15-5-4-6-17(11-15)24-19(27)12-26-18-13-30-22(28)20(18)21(25-23(26)29)16-9-7-14(2)8-10-16/h4-11,21H,3,12-13H2,1-2H3,(H,24,27)(H,25,29)/t21-/m0/s1. The van der Waals surface area contributed by atoms with E-state index in [1.807, 2.05) is 56.3 Å². The van der Waals surface area contributed by atoms with Crippen molar-refractivity contribution in [3.8, 4) is 0 Å². The number of carbonyl (C=O) groups is 3. The van der Waals surface area contributed by atoms with Gasteiger partial charge in [-0.15, -0.1) is 0 Å². The van der Waals surface area contributed by atoms with Gasteiger partial charge in [0.1, 0.15) is 13.2 Å². The van der Waals surface area contributed by atoms with Gasteiger partial charge in [0.25, 0.3) is 0 Å². The summed E-state index contributed by atoms with van der Waals surface area (Å²) in [5.41, 5.74) is 4.45. The van der Waals surface area contributed by atoms with Crippen LogP contribution in [0.25, 0.3) is 0 Å². The minimum absolute atomic E-state index is 0.0253. The Morgan fingerprint density at radius 1 is 1.20 bits per heavy atom. The van der Waals surface area contributed by atoms with Crippen LogP contribution >= 0.6 is 0 Å². The third-order valence-corrected chi connectivity index (χ3v) is 5.33. The lowest BCUT2D eigenvalue weighted by Gasteiger charge is -2.32. The summed E-state index contributed by atoms with van der Waals surface area (Å²) in [6.45, 7) is 3.77. The molecule has 2 heterocycles. The Balaban J connectivity index is 1.57. The first-order valence-electron chi connectivity index (χ1n) is 9.90. The van der Waals surface area contributed by atoms with E-state index >= 15 is 0 Å². The Kier molecular flexibility index (Phi) is 5.27. The lowest BCUT2D eigenvalue weighted by Crippen LogP contribution is -2.49. The average molecular weight is 405 g/mol. The minimum Gasteiger partial charge on any atom is -0.456 e. The predicted molar refractivity (Wildman–Crippen MR) is 112 cm³/mol. The molecular weight excluding hydrogens is 382 g/mol. The van der Waals surface area contributed by atoms with Gasteiger partial charge in [0.2, 0.25) is 5.91 Å². The number of benzene rings is 2. The summed E-state index contributed by atoms with van der Waals surface area (Å²) in [5.74, 6) is -0.824. The number of hydrogen-bond acceptors (Lipinski definition) is 4. The molecule has 2 aliphatic heterocycles. The molecule has 2 aromatic carbocycles. The molecule has 3 amide bonds. The average Bonchev–Trinajstić information content (AvgIpc) is 3.12. The normalized spacial score (nSPS) is 18.1. The zero-order chi connectivity index (χ0) is 21.3. The van der Waals surface area contributed by atoms with Crippen LogP contribution in [0.15, 0.2) is 59.8 Å². The molecular formula is C23H23N3O4. The predicted octanol–water partition coefficient (Wildman–Crippen LogP) is 3.07. The van der Waals surface area contributed by atoms with Crippen molar-refractivity contribution < 1.29 is 19.1 Å². The first-order valence-corrected chi connectivity index (χ1v) is 9.90. The molecule has 0 spiro atoms. The van der Waals surface area contributed by atoms with E-state index in [1.54, 1.807) is 6.07 Å². The van der Waals surface area contributed by atoms with Crippen molar-refractivity contribution in [2.45, 2.75) is 26.3 Å². The van der Waals surface area contributed by atoms with Crippen LogP contribution in [0, 0.1) is 6.92 Å². The lowest BCUT2D eigenvalue weighted by molar-refractivity contribution is -0.136. The molecule has 30 heavy (non-hydrogen) atoms. The molecule has 0 saturated heterocycles. The van der Waals surface area contributed by atoms with Crippen LogP contribution in [0.3, 0.4) is 0 Å². The molecule has 0 radical (unpaired) electrons. The number of aryl methyl sites for hydroxylation is 2. The molecule has 0 aromatic heterocycles. The Morgan fingerprint density at radius 2 is 1.97 bits per heavy atom.